The molecule has 0 radical (unpaired) electrons. The van der Waals surface area contributed by atoms with E-state index in [2.05, 4.69) is 10.3 Å². The monoisotopic (exact) mass is 653 g/mol. The summed E-state index contributed by atoms with van der Waals surface area (Å²) in [6.07, 6.45) is 0.807. The number of para-hydroxylation sites is 1. The van der Waals surface area contributed by atoms with E-state index < -0.39 is 0 Å². The van der Waals surface area contributed by atoms with Crippen molar-refractivity contribution in [1.82, 2.24) is 4.98 Å². The molecule has 1 saturated heterocycles. The fourth-order valence-electron chi connectivity index (χ4n) is 8.20. The van der Waals surface area contributed by atoms with Crippen LogP contribution in [0.3, 0.4) is 0 Å². The predicted octanol–water partition coefficient (Wildman–Crippen LogP) is 5.45. The Morgan fingerprint density at radius 3 is 2.43 bits per heavy atom. The number of imide groups is 1. The number of amides is 3. The van der Waals surface area contributed by atoms with Crippen molar-refractivity contribution in [3.63, 3.8) is 0 Å². The van der Waals surface area contributed by atoms with Gasteiger partial charge in [0.1, 0.15) is 0 Å². The zero-order chi connectivity index (χ0) is 31.7. The number of aryl methyl sites for hydroxylation is 1. The first kappa shape index (κ1) is 29.1. The van der Waals surface area contributed by atoms with Crippen LogP contribution in [0.1, 0.15) is 28.3 Å². The molecule has 3 amide bonds. The number of nitrogens with zero attached hydrogens (tertiary/aromatic N) is 1. The van der Waals surface area contributed by atoms with Crippen LogP contribution in [0.15, 0.2) is 82.6 Å². The number of benzene rings is 3. The van der Waals surface area contributed by atoms with Gasteiger partial charge in [-0.3, -0.25) is 24.1 Å². The van der Waals surface area contributed by atoms with Crippen LogP contribution in [-0.2, 0) is 14.4 Å². The number of carbonyl (C=O) groups is 3. The fraction of sp³-hybridized carbons (Fsp3) is 0.314. The largest absolute Gasteiger partial charge is 0.493 e. The quantitative estimate of drug-likeness (QED) is 0.255. The van der Waals surface area contributed by atoms with E-state index in [1.807, 2.05) is 73.7 Å². The minimum Gasteiger partial charge on any atom is -0.493 e. The Morgan fingerprint density at radius 1 is 0.957 bits per heavy atom. The van der Waals surface area contributed by atoms with E-state index in [1.165, 1.54) is 16.2 Å². The van der Waals surface area contributed by atoms with Crippen molar-refractivity contribution < 1.29 is 23.9 Å². The summed E-state index contributed by atoms with van der Waals surface area (Å²) in [7, 11) is 1.56. The average molecular weight is 654 g/mol. The summed E-state index contributed by atoms with van der Waals surface area (Å²) in [5.74, 6) is -0.418. The van der Waals surface area contributed by atoms with Crippen molar-refractivity contribution in [3.8, 4) is 11.5 Å². The number of hydrogen-bond donors (Lipinski definition) is 2. The molecule has 8 rings (SSSR count). The fourth-order valence-corrected chi connectivity index (χ4v) is 11.1. The van der Waals surface area contributed by atoms with Crippen molar-refractivity contribution >= 4 is 52.2 Å². The maximum atomic E-state index is 13.9. The normalized spacial score (nSPS) is 27.3. The summed E-state index contributed by atoms with van der Waals surface area (Å²) in [4.78, 5) is 58.3. The Morgan fingerprint density at radius 2 is 1.70 bits per heavy atom. The summed E-state index contributed by atoms with van der Waals surface area (Å²) in [5, 5.41) is 3.76. The number of carbonyl (C=O) groups excluding carboxylic acids is 3. The van der Waals surface area contributed by atoms with E-state index in [9.17, 15) is 19.2 Å². The number of ether oxygens (including phenoxy) is 2. The van der Waals surface area contributed by atoms with Gasteiger partial charge in [-0.25, -0.2) is 0 Å². The molecule has 1 aromatic heterocycles. The number of aromatic amines is 1. The van der Waals surface area contributed by atoms with Gasteiger partial charge in [-0.15, -0.1) is 11.8 Å². The second-order valence-electron chi connectivity index (χ2n) is 12.4. The molecule has 2 bridgehead atoms. The van der Waals surface area contributed by atoms with Crippen LogP contribution in [-0.4, -0.2) is 41.7 Å². The third-order valence-corrected chi connectivity index (χ3v) is 12.6. The summed E-state index contributed by atoms with van der Waals surface area (Å²) in [5.41, 5.74) is 3.36. The first-order chi connectivity index (χ1) is 22.3. The first-order valence-corrected chi connectivity index (χ1v) is 17.0. The molecule has 4 aliphatic rings. The molecule has 3 aromatic carbocycles. The predicted molar refractivity (Wildman–Crippen MR) is 176 cm³/mol. The maximum absolute atomic E-state index is 13.9. The molecule has 0 spiro atoms. The molecular formula is C35H31N3O6S2. The third-order valence-electron chi connectivity index (χ3n) is 9.98. The summed E-state index contributed by atoms with van der Waals surface area (Å²) < 4.78 is 11.6. The van der Waals surface area contributed by atoms with Crippen LogP contribution in [0.4, 0.5) is 11.4 Å². The second kappa shape index (κ2) is 11.2. The number of rotatable bonds is 7. The van der Waals surface area contributed by atoms with Crippen LogP contribution < -0.4 is 24.6 Å². The Labute approximate surface area is 273 Å². The number of thiazole rings is 1. The molecule has 3 heterocycles. The van der Waals surface area contributed by atoms with Crippen molar-refractivity contribution in [1.29, 1.82) is 0 Å². The number of H-pyrrole nitrogens is 1. The molecule has 7 atom stereocenters. The number of fused-ring (bicyclic) bond motifs is 9. The molecule has 11 heteroatoms. The molecule has 4 aromatic rings. The molecule has 3 fully saturated rings. The van der Waals surface area contributed by atoms with Gasteiger partial charge in [0.25, 0.3) is 5.91 Å². The van der Waals surface area contributed by atoms with Crippen molar-refractivity contribution in [2.45, 2.75) is 29.5 Å². The maximum Gasteiger partial charge on any atom is 0.305 e. The van der Waals surface area contributed by atoms with E-state index in [4.69, 9.17) is 9.47 Å². The molecule has 9 nitrogen and oxygen atoms in total. The van der Waals surface area contributed by atoms with Gasteiger partial charge in [-0.2, -0.15) is 0 Å². The van der Waals surface area contributed by atoms with Gasteiger partial charge < -0.3 is 19.8 Å². The average Bonchev–Trinajstić information content (AvgIpc) is 3.80. The third kappa shape index (κ3) is 4.59. The lowest BCUT2D eigenvalue weighted by atomic mass is 9.68. The van der Waals surface area contributed by atoms with Crippen LogP contribution in [0.2, 0.25) is 0 Å². The van der Waals surface area contributed by atoms with Gasteiger partial charge in [0, 0.05) is 21.7 Å². The lowest BCUT2D eigenvalue weighted by Crippen LogP contribution is -2.42. The van der Waals surface area contributed by atoms with Crippen LogP contribution in [0, 0.1) is 36.5 Å². The highest BCUT2D eigenvalue weighted by Gasteiger charge is 2.69. The molecule has 234 valence electrons. The highest BCUT2D eigenvalue weighted by molar-refractivity contribution is 8.00. The summed E-state index contributed by atoms with van der Waals surface area (Å²) in [6.45, 7) is 1.79. The Hall–Kier alpha value is -4.35. The Kier molecular flexibility index (Phi) is 7.06. The second-order valence-corrected chi connectivity index (χ2v) is 14.6. The van der Waals surface area contributed by atoms with Gasteiger partial charge >= 0.3 is 4.87 Å². The number of thioether (sulfide) groups is 1. The summed E-state index contributed by atoms with van der Waals surface area (Å²) >= 11 is 2.87. The summed E-state index contributed by atoms with van der Waals surface area (Å²) in [6, 6.07) is 22.4. The van der Waals surface area contributed by atoms with Crippen LogP contribution in [0.25, 0.3) is 0 Å². The number of nitrogens with one attached hydrogen (secondary N) is 2. The number of methoxy groups -OCH3 is 1. The highest BCUT2D eigenvalue weighted by Crippen LogP contribution is 2.68. The molecule has 2 saturated carbocycles. The molecule has 2 aliphatic heterocycles. The van der Waals surface area contributed by atoms with Gasteiger partial charge in [0.15, 0.2) is 18.1 Å². The van der Waals surface area contributed by atoms with Gasteiger partial charge in [-0.05, 0) is 73.1 Å². The smallest absolute Gasteiger partial charge is 0.305 e. The zero-order valence-corrected chi connectivity index (χ0v) is 26.7. The van der Waals surface area contributed by atoms with E-state index in [1.54, 1.807) is 24.9 Å². The van der Waals surface area contributed by atoms with Gasteiger partial charge in [-0.1, -0.05) is 53.3 Å². The van der Waals surface area contributed by atoms with E-state index in [0.29, 0.717) is 22.9 Å². The van der Waals surface area contributed by atoms with E-state index in [0.717, 1.165) is 27.5 Å². The number of anilines is 2. The van der Waals surface area contributed by atoms with E-state index >= 15 is 0 Å². The van der Waals surface area contributed by atoms with Crippen molar-refractivity contribution in [3.05, 3.63) is 98.5 Å². The van der Waals surface area contributed by atoms with Crippen molar-refractivity contribution in [2.75, 3.05) is 23.9 Å². The van der Waals surface area contributed by atoms with Gasteiger partial charge in [0.2, 0.25) is 11.8 Å². The standard InChI is InChI=1S/C35H31N3O6S2/c1-17-8-11-19(12-9-17)36-25(39)16-44-23-13-10-18(14-24(23)43-2)26-27-21-15-22(30(27)45-32-31(26)46-35(42)37-32)29-28(21)33(40)38(34(29)41)20-6-4-3-5-7-20/h3-14,21-22,26-30H,15-16H2,1-2H3,(H,36,39)(H,37,42)/t21-,22-,26+,27-,28+,29+,30-/m1/s1. The molecule has 0 unspecified atom stereocenters. The number of aromatic nitrogens is 1. The van der Waals surface area contributed by atoms with Gasteiger partial charge in [0.05, 0.1) is 29.7 Å². The number of hydrogen-bond acceptors (Lipinski definition) is 8. The molecular weight excluding hydrogens is 623 g/mol. The van der Waals surface area contributed by atoms with Crippen LogP contribution >= 0.6 is 23.1 Å². The topological polar surface area (TPSA) is 118 Å². The lowest BCUT2D eigenvalue weighted by molar-refractivity contribution is -0.123. The van der Waals surface area contributed by atoms with Crippen LogP contribution in [0.5, 0.6) is 11.5 Å². The lowest BCUT2D eigenvalue weighted by Gasteiger charge is -2.43. The zero-order valence-electron chi connectivity index (χ0n) is 25.1. The minimum atomic E-state index is -0.379. The SMILES string of the molecule is COc1cc([C@@H]2c3sc(=O)[nH]c3S[C@@H]3[C@@H]4C[C@@H]([C@@H]5C(=O)N(c6ccccc6)C(=O)[C@@H]45)[C@H]23)ccc1OCC(=O)Nc1ccc(C)cc1. The Balaban J connectivity index is 1.09. The van der Waals surface area contributed by atoms with Crippen molar-refractivity contribution in [2.24, 2.45) is 29.6 Å². The Bertz CT molecular complexity index is 1920. The molecule has 2 N–H and O–H groups in total. The molecule has 46 heavy (non-hydrogen) atoms. The highest BCUT2D eigenvalue weighted by atomic mass is 32.2. The minimum absolute atomic E-state index is 0.000376. The first-order valence-electron chi connectivity index (χ1n) is 15.3. The van der Waals surface area contributed by atoms with E-state index in [-0.39, 0.29) is 70.0 Å². The molecule has 2 aliphatic carbocycles.